The van der Waals surface area contributed by atoms with Gasteiger partial charge < -0.3 is 5.73 Å². The SMILES string of the molecule is NCCN(Cc1ccccc1)Cc1cccc(Br)c1. The average Bonchev–Trinajstić information content (AvgIpc) is 2.40. The van der Waals surface area contributed by atoms with Crippen LogP contribution in [0.1, 0.15) is 11.1 Å². The number of hydrogen-bond donors (Lipinski definition) is 1. The summed E-state index contributed by atoms with van der Waals surface area (Å²) in [6, 6.07) is 19.0. The third-order valence-electron chi connectivity index (χ3n) is 2.99. The molecule has 0 amide bonds. The maximum atomic E-state index is 5.72. The lowest BCUT2D eigenvalue weighted by molar-refractivity contribution is 0.264. The van der Waals surface area contributed by atoms with E-state index in [9.17, 15) is 0 Å². The van der Waals surface area contributed by atoms with Gasteiger partial charge in [0.25, 0.3) is 0 Å². The van der Waals surface area contributed by atoms with Crippen molar-refractivity contribution in [3.8, 4) is 0 Å². The van der Waals surface area contributed by atoms with E-state index in [0.717, 1.165) is 24.1 Å². The molecule has 0 aliphatic rings. The zero-order valence-corrected chi connectivity index (χ0v) is 12.5. The predicted molar refractivity (Wildman–Crippen MR) is 83.8 cm³/mol. The normalized spacial score (nSPS) is 10.9. The summed E-state index contributed by atoms with van der Waals surface area (Å²) in [4.78, 5) is 2.37. The Morgan fingerprint density at radius 2 is 1.58 bits per heavy atom. The van der Waals surface area contributed by atoms with Crippen LogP contribution < -0.4 is 5.73 Å². The number of hydrogen-bond acceptors (Lipinski definition) is 2. The molecule has 2 aromatic carbocycles. The molecule has 0 bridgehead atoms. The Balaban J connectivity index is 2.04. The Morgan fingerprint density at radius 1 is 0.895 bits per heavy atom. The van der Waals surface area contributed by atoms with Crippen LogP contribution in [0.2, 0.25) is 0 Å². The van der Waals surface area contributed by atoms with Crippen LogP contribution in [-0.4, -0.2) is 18.0 Å². The molecule has 0 fully saturated rings. The summed E-state index contributed by atoms with van der Waals surface area (Å²) in [5, 5.41) is 0. The van der Waals surface area contributed by atoms with Gasteiger partial charge in [-0.25, -0.2) is 0 Å². The fourth-order valence-electron chi connectivity index (χ4n) is 2.13. The summed E-state index contributed by atoms with van der Waals surface area (Å²) in [6.07, 6.45) is 0. The van der Waals surface area contributed by atoms with Crippen LogP contribution in [0.15, 0.2) is 59.1 Å². The lowest BCUT2D eigenvalue weighted by Crippen LogP contribution is -2.28. The molecule has 2 nitrogen and oxygen atoms in total. The van der Waals surface area contributed by atoms with Gasteiger partial charge in [-0.15, -0.1) is 0 Å². The molecular weight excluding hydrogens is 300 g/mol. The molecule has 0 aliphatic carbocycles. The Kier molecular flexibility index (Phi) is 5.58. The average molecular weight is 319 g/mol. The highest BCUT2D eigenvalue weighted by atomic mass is 79.9. The van der Waals surface area contributed by atoms with E-state index in [1.54, 1.807) is 0 Å². The predicted octanol–water partition coefficient (Wildman–Crippen LogP) is 3.41. The van der Waals surface area contributed by atoms with Gasteiger partial charge in [-0.05, 0) is 23.3 Å². The molecule has 100 valence electrons. The van der Waals surface area contributed by atoms with Crippen LogP contribution in [0.4, 0.5) is 0 Å². The number of benzene rings is 2. The van der Waals surface area contributed by atoms with Gasteiger partial charge in [0.2, 0.25) is 0 Å². The fourth-order valence-corrected chi connectivity index (χ4v) is 2.58. The standard InChI is InChI=1S/C16H19BrN2/c17-16-8-4-7-15(11-16)13-19(10-9-18)12-14-5-2-1-3-6-14/h1-8,11H,9-10,12-13,18H2. The summed E-state index contributed by atoms with van der Waals surface area (Å²) in [6.45, 7) is 3.44. The van der Waals surface area contributed by atoms with Gasteiger partial charge in [0.15, 0.2) is 0 Å². The molecule has 0 saturated heterocycles. The second-order valence-electron chi connectivity index (χ2n) is 4.61. The van der Waals surface area contributed by atoms with Gasteiger partial charge in [0.1, 0.15) is 0 Å². The van der Waals surface area contributed by atoms with E-state index in [2.05, 4.69) is 63.3 Å². The molecule has 0 unspecified atom stereocenters. The molecular formula is C16H19BrN2. The Labute approximate surface area is 123 Å². The number of rotatable bonds is 6. The van der Waals surface area contributed by atoms with Crippen molar-refractivity contribution < 1.29 is 0 Å². The van der Waals surface area contributed by atoms with Gasteiger partial charge in [-0.3, -0.25) is 4.90 Å². The van der Waals surface area contributed by atoms with Crippen molar-refractivity contribution in [2.75, 3.05) is 13.1 Å². The van der Waals surface area contributed by atoms with Crippen molar-refractivity contribution in [3.63, 3.8) is 0 Å². The Hall–Kier alpha value is -1.16. The smallest absolute Gasteiger partial charge is 0.0238 e. The van der Waals surface area contributed by atoms with Crippen molar-refractivity contribution in [3.05, 3.63) is 70.2 Å². The molecule has 2 N–H and O–H groups in total. The summed E-state index contributed by atoms with van der Waals surface area (Å²) in [5.41, 5.74) is 8.35. The van der Waals surface area contributed by atoms with Crippen LogP contribution in [-0.2, 0) is 13.1 Å². The number of nitrogens with zero attached hydrogens (tertiary/aromatic N) is 1. The quantitative estimate of drug-likeness (QED) is 0.884. The molecule has 0 aromatic heterocycles. The number of nitrogens with two attached hydrogens (primary N) is 1. The maximum absolute atomic E-state index is 5.72. The van der Waals surface area contributed by atoms with Crippen LogP contribution in [0.5, 0.6) is 0 Å². The molecule has 0 heterocycles. The molecule has 0 saturated carbocycles. The summed E-state index contributed by atoms with van der Waals surface area (Å²) in [7, 11) is 0. The molecule has 2 aromatic rings. The summed E-state index contributed by atoms with van der Waals surface area (Å²) in [5.74, 6) is 0. The highest BCUT2D eigenvalue weighted by Crippen LogP contribution is 2.14. The van der Waals surface area contributed by atoms with Crippen LogP contribution in [0.3, 0.4) is 0 Å². The van der Waals surface area contributed by atoms with Gasteiger partial charge in [-0.2, -0.15) is 0 Å². The van der Waals surface area contributed by atoms with Crippen molar-refractivity contribution in [2.45, 2.75) is 13.1 Å². The maximum Gasteiger partial charge on any atom is 0.0238 e. The fraction of sp³-hybridized carbons (Fsp3) is 0.250. The highest BCUT2D eigenvalue weighted by molar-refractivity contribution is 9.10. The van der Waals surface area contributed by atoms with E-state index in [4.69, 9.17) is 5.73 Å². The topological polar surface area (TPSA) is 29.3 Å². The van der Waals surface area contributed by atoms with Crippen molar-refractivity contribution in [1.29, 1.82) is 0 Å². The van der Waals surface area contributed by atoms with E-state index in [1.165, 1.54) is 11.1 Å². The molecule has 19 heavy (non-hydrogen) atoms. The minimum atomic E-state index is 0.681. The first kappa shape index (κ1) is 14.3. The van der Waals surface area contributed by atoms with Gasteiger partial charge in [0.05, 0.1) is 0 Å². The first-order valence-electron chi connectivity index (χ1n) is 6.49. The van der Waals surface area contributed by atoms with Crippen molar-refractivity contribution in [1.82, 2.24) is 4.90 Å². The van der Waals surface area contributed by atoms with E-state index in [-0.39, 0.29) is 0 Å². The Morgan fingerprint density at radius 3 is 2.26 bits per heavy atom. The molecule has 0 spiro atoms. The van der Waals surface area contributed by atoms with E-state index >= 15 is 0 Å². The molecule has 0 radical (unpaired) electrons. The zero-order chi connectivity index (χ0) is 13.5. The van der Waals surface area contributed by atoms with Crippen molar-refractivity contribution in [2.24, 2.45) is 5.73 Å². The van der Waals surface area contributed by atoms with E-state index in [0.29, 0.717) is 6.54 Å². The zero-order valence-electron chi connectivity index (χ0n) is 10.9. The molecule has 0 aliphatic heterocycles. The monoisotopic (exact) mass is 318 g/mol. The first-order chi connectivity index (χ1) is 9.28. The van der Waals surface area contributed by atoms with E-state index in [1.807, 2.05) is 12.1 Å². The van der Waals surface area contributed by atoms with Gasteiger partial charge >= 0.3 is 0 Å². The molecule has 3 heteroatoms. The lowest BCUT2D eigenvalue weighted by atomic mass is 10.1. The second-order valence-corrected chi connectivity index (χ2v) is 5.53. The number of halogens is 1. The molecule has 0 atom stereocenters. The van der Waals surface area contributed by atoms with Gasteiger partial charge in [-0.1, -0.05) is 58.4 Å². The van der Waals surface area contributed by atoms with Crippen LogP contribution in [0.25, 0.3) is 0 Å². The molecule has 2 rings (SSSR count). The lowest BCUT2D eigenvalue weighted by Gasteiger charge is -2.22. The third-order valence-corrected chi connectivity index (χ3v) is 3.48. The highest BCUT2D eigenvalue weighted by Gasteiger charge is 2.06. The largest absolute Gasteiger partial charge is 0.329 e. The van der Waals surface area contributed by atoms with Crippen LogP contribution in [0, 0.1) is 0 Å². The Bertz CT molecular complexity index is 499. The first-order valence-corrected chi connectivity index (χ1v) is 7.28. The van der Waals surface area contributed by atoms with E-state index < -0.39 is 0 Å². The summed E-state index contributed by atoms with van der Waals surface area (Å²) < 4.78 is 1.12. The van der Waals surface area contributed by atoms with Crippen LogP contribution >= 0.6 is 15.9 Å². The minimum Gasteiger partial charge on any atom is -0.329 e. The summed E-state index contributed by atoms with van der Waals surface area (Å²) >= 11 is 3.51. The van der Waals surface area contributed by atoms with Gasteiger partial charge in [0, 0.05) is 30.7 Å². The minimum absolute atomic E-state index is 0.681. The third kappa shape index (κ3) is 4.78. The second kappa shape index (κ2) is 7.43. The van der Waals surface area contributed by atoms with Crippen molar-refractivity contribution >= 4 is 15.9 Å².